The molecule has 6 heteroatoms. The SMILES string of the molecule is CN=C(NCc1ccc(N2CCN(C)CC2)nc1)N1CCC(CC(C)C)C1. The molecule has 1 aromatic rings. The molecule has 1 unspecified atom stereocenters. The summed E-state index contributed by atoms with van der Waals surface area (Å²) in [6, 6.07) is 4.34. The number of piperazine rings is 1. The largest absolute Gasteiger partial charge is 0.354 e. The highest BCUT2D eigenvalue weighted by molar-refractivity contribution is 5.80. The fourth-order valence-corrected chi connectivity index (χ4v) is 4.14. The van der Waals surface area contributed by atoms with E-state index in [-0.39, 0.29) is 0 Å². The summed E-state index contributed by atoms with van der Waals surface area (Å²) in [5, 5.41) is 3.52. The normalized spacial score (nSPS) is 22.0. The summed E-state index contributed by atoms with van der Waals surface area (Å²) in [5.74, 6) is 3.68. The smallest absolute Gasteiger partial charge is 0.193 e. The van der Waals surface area contributed by atoms with Crippen molar-refractivity contribution in [2.45, 2.75) is 33.2 Å². The second-order valence-corrected chi connectivity index (χ2v) is 8.45. The molecule has 1 atom stereocenters. The number of rotatable bonds is 5. The van der Waals surface area contributed by atoms with Gasteiger partial charge in [0.1, 0.15) is 5.82 Å². The third kappa shape index (κ3) is 5.58. The van der Waals surface area contributed by atoms with Crippen molar-refractivity contribution in [3.8, 4) is 0 Å². The summed E-state index contributed by atoms with van der Waals surface area (Å²) in [6.07, 6.45) is 4.59. The van der Waals surface area contributed by atoms with Gasteiger partial charge in [-0.05, 0) is 43.4 Å². The van der Waals surface area contributed by atoms with Crippen LogP contribution in [0.2, 0.25) is 0 Å². The molecular formula is C21H36N6. The van der Waals surface area contributed by atoms with E-state index in [2.05, 4.69) is 63.0 Å². The fourth-order valence-electron chi connectivity index (χ4n) is 4.14. The molecule has 6 nitrogen and oxygen atoms in total. The molecule has 27 heavy (non-hydrogen) atoms. The van der Waals surface area contributed by atoms with E-state index in [4.69, 9.17) is 0 Å². The number of nitrogens with one attached hydrogen (secondary N) is 1. The molecule has 3 rings (SSSR count). The highest BCUT2D eigenvalue weighted by Crippen LogP contribution is 2.23. The molecule has 150 valence electrons. The number of likely N-dealkylation sites (tertiary alicyclic amines) is 1. The standard InChI is InChI=1S/C21H36N6/c1-17(2)13-18-7-8-27(16-18)21(22-3)24-15-19-5-6-20(23-14-19)26-11-9-25(4)10-12-26/h5-6,14,17-18H,7-13,15-16H2,1-4H3,(H,22,24). The maximum absolute atomic E-state index is 4.69. The number of likely N-dealkylation sites (N-methyl/N-ethyl adjacent to an activating group) is 1. The molecule has 1 N–H and O–H groups in total. The van der Waals surface area contributed by atoms with E-state index in [1.54, 1.807) is 0 Å². The molecular weight excluding hydrogens is 336 g/mol. The Morgan fingerprint density at radius 1 is 1.22 bits per heavy atom. The number of nitrogens with zero attached hydrogens (tertiary/aromatic N) is 5. The Labute approximate surface area is 164 Å². The predicted molar refractivity (Wildman–Crippen MR) is 113 cm³/mol. The van der Waals surface area contributed by atoms with Gasteiger partial charge in [-0.25, -0.2) is 4.98 Å². The van der Waals surface area contributed by atoms with Gasteiger partial charge in [0.05, 0.1) is 0 Å². The van der Waals surface area contributed by atoms with E-state index in [0.717, 1.165) is 69.4 Å². The molecule has 0 aromatic carbocycles. The van der Waals surface area contributed by atoms with Crippen LogP contribution >= 0.6 is 0 Å². The fraction of sp³-hybridized carbons (Fsp3) is 0.714. The van der Waals surface area contributed by atoms with E-state index in [1.807, 2.05) is 13.2 Å². The number of hydrogen-bond donors (Lipinski definition) is 1. The van der Waals surface area contributed by atoms with Crippen molar-refractivity contribution in [3.63, 3.8) is 0 Å². The average Bonchev–Trinajstić information content (AvgIpc) is 3.11. The molecule has 1 aromatic heterocycles. The summed E-state index contributed by atoms with van der Waals surface area (Å²) < 4.78 is 0. The quantitative estimate of drug-likeness (QED) is 0.635. The minimum Gasteiger partial charge on any atom is -0.354 e. The number of hydrogen-bond acceptors (Lipinski definition) is 4. The number of pyridine rings is 1. The zero-order valence-electron chi connectivity index (χ0n) is 17.5. The van der Waals surface area contributed by atoms with Gasteiger partial charge in [0, 0.05) is 59.1 Å². The maximum Gasteiger partial charge on any atom is 0.193 e. The van der Waals surface area contributed by atoms with Gasteiger partial charge in [0.25, 0.3) is 0 Å². The van der Waals surface area contributed by atoms with Crippen LogP contribution in [0.5, 0.6) is 0 Å². The van der Waals surface area contributed by atoms with Crippen molar-refractivity contribution in [1.29, 1.82) is 0 Å². The third-order valence-electron chi connectivity index (χ3n) is 5.69. The van der Waals surface area contributed by atoms with Crippen molar-refractivity contribution in [2.24, 2.45) is 16.8 Å². The molecule has 0 radical (unpaired) electrons. The van der Waals surface area contributed by atoms with Crippen LogP contribution in [0.1, 0.15) is 32.3 Å². The molecule has 2 aliphatic heterocycles. The van der Waals surface area contributed by atoms with Gasteiger partial charge in [0.2, 0.25) is 0 Å². The first-order chi connectivity index (χ1) is 13.0. The Kier molecular flexibility index (Phi) is 6.94. The highest BCUT2D eigenvalue weighted by Gasteiger charge is 2.25. The minimum absolute atomic E-state index is 0.772. The van der Waals surface area contributed by atoms with E-state index >= 15 is 0 Å². The zero-order chi connectivity index (χ0) is 19.2. The summed E-state index contributed by atoms with van der Waals surface area (Å²) in [7, 11) is 4.06. The van der Waals surface area contributed by atoms with Gasteiger partial charge in [-0.15, -0.1) is 0 Å². The van der Waals surface area contributed by atoms with E-state index < -0.39 is 0 Å². The number of aliphatic imine (C=N–C) groups is 1. The van der Waals surface area contributed by atoms with Crippen LogP contribution in [0.25, 0.3) is 0 Å². The highest BCUT2D eigenvalue weighted by atomic mass is 15.3. The molecule has 0 spiro atoms. The van der Waals surface area contributed by atoms with Crippen LogP contribution in [0.4, 0.5) is 5.82 Å². The second kappa shape index (κ2) is 9.40. The van der Waals surface area contributed by atoms with Crippen LogP contribution < -0.4 is 10.2 Å². The number of aromatic nitrogens is 1. The average molecular weight is 373 g/mol. The Balaban J connectivity index is 1.49. The molecule has 0 saturated carbocycles. The van der Waals surface area contributed by atoms with Crippen LogP contribution in [0.15, 0.2) is 23.3 Å². The maximum atomic E-state index is 4.69. The number of anilines is 1. The van der Waals surface area contributed by atoms with Gasteiger partial charge in [-0.1, -0.05) is 19.9 Å². The Morgan fingerprint density at radius 2 is 2.00 bits per heavy atom. The first-order valence-electron chi connectivity index (χ1n) is 10.4. The summed E-state index contributed by atoms with van der Waals surface area (Å²) in [6.45, 7) is 12.0. The Bertz CT molecular complexity index is 604. The van der Waals surface area contributed by atoms with Gasteiger partial charge < -0.3 is 20.0 Å². The van der Waals surface area contributed by atoms with E-state index in [9.17, 15) is 0 Å². The minimum atomic E-state index is 0.772. The summed E-state index contributed by atoms with van der Waals surface area (Å²) in [5.41, 5.74) is 1.20. The molecule has 2 saturated heterocycles. The van der Waals surface area contributed by atoms with E-state index in [0.29, 0.717) is 0 Å². The van der Waals surface area contributed by atoms with Crippen molar-refractivity contribution in [2.75, 3.05) is 58.3 Å². The topological polar surface area (TPSA) is 47.0 Å². The molecule has 3 heterocycles. The Hall–Kier alpha value is -1.82. The lowest BCUT2D eigenvalue weighted by molar-refractivity contribution is 0.312. The molecule has 0 bridgehead atoms. The van der Waals surface area contributed by atoms with Crippen LogP contribution in [-0.2, 0) is 6.54 Å². The van der Waals surface area contributed by atoms with Gasteiger partial charge in [-0.2, -0.15) is 0 Å². The first kappa shape index (κ1) is 19.9. The van der Waals surface area contributed by atoms with Crippen molar-refractivity contribution in [1.82, 2.24) is 20.1 Å². The van der Waals surface area contributed by atoms with Crippen molar-refractivity contribution >= 4 is 11.8 Å². The van der Waals surface area contributed by atoms with Crippen LogP contribution in [0.3, 0.4) is 0 Å². The van der Waals surface area contributed by atoms with Crippen LogP contribution in [-0.4, -0.2) is 74.1 Å². The first-order valence-corrected chi connectivity index (χ1v) is 10.4. The lowest BCUT2D eigenvalue weighted by atomic mass is 9.97. The molecule has 0 amide bonds. The number of guanidine groups is 1. The Morgan fingerprint density at radius 3 is 2.63 bits per heavy atom. The second-order valence-electron chi connectivity index (χ2n) is 8.45. The third-order valence-corrected chi connectivity index (χ3v) is 5.69. The summed E-state index contributed by atoms with van der Waals surface area (Å²) >= 11 is 0. The van der Waals surface area contributed by atoms with Crippen molar-refractivity contribution < 1.29 is 0 Å². The van der Waals surface area contributed by atoms with Gasteiger partial charge in [-0.3, -0.25) is 4.99 Å². The van der Waals surface area contributed by atoms with E-state index in [1.165, 1.54) is 18.4 Å². The lowest BCUT2D eigenvalue weighted by Crippen LogP contribution is -2.44. The summed E-state index contributed by atoms with van der Waals surface area (Å²) in [4.78, 5) is 16.3. The molecule has 2 fully saturated rings. The predicted octanol–water partition coefficient (Wildman–Crippen LogP) is 2.28. The zero-order valence-corrected chi connectivity index (χ0v) is 17.5. The van der Waals surface area contributed by atoms with Gasteiger partial charge in [0.15, 0.2) is 5.96 Å². The van der Waals surface area contributed by atoms with Crippen LogP contribution in [0, 0.1) is 11.8 Å². The molecule has 0 aliphatic carbocycles. The molecule has 2 aliphatic rings. The van der Waals surface area contributed by atoms with Gasteiger partial charge >= 0.3 is 0 Å². The lowest BCUT2D eigenvalue weighted by Gasteiger charge is -2.33. The van der Waals surface area contributed by atoms with Crippen molar-refractivity contribution in [3.05, 3.63) is 23.9 Å². The monoisotopic (exact) mass is 372 g/mol.